The molecule has 0 spiro atoms. The fourth-order valence-electron chi connectivity index (χ4n) is 1.41. The van der Waals surface area contributed by atoms with E-state index in [1.54, 1.807) is 0 Å². The van der Waals surface area contributed by atoms with Crippen molar-refractivity contribution < 1.29 is 5.21 Å². The van der Waals surface area contributed by atoms with Crippen molar-refractivity contribution in [2.45, 2.75) is 0 Å². The van der Waals surface area contributed by atoms with E-state index in [4.69, 9.17) is 28.4 Å². The average molecular weight is 261 g/mol. The number of halogens is 2. The van der Waals surface area contributed by atoms with E-state index < -0.39 is 0 Å². The van der Waals surface area contributed by atoms with Gasteiger partial charge in [-0.2, -0.15) is 0 Å². The van der Waals surface area contributed by atoms with Crippen molar-refractivity contribution in [2.24, 2.45) is 5.16 Å². The summed E-state index contributed by atoms with van der Waals surface area (Å²) in [4.78, 5) is 2.11. The van der Waals surface area contributed by atoms with Crippen LogP contribution >= 0.6 is 23.2 Å². The molecule has 1 aromatic rings. The highest BCUT2D eigenvalue weighted by atomic mass is 35.5. The van der Waals surface area contributed by atoms with Gasteiger partial charge in [-0.05, 0) is 17.7 Å². The maximum Gasteiger partial charge on any atom is 0.0733 e. The van der Waals surface area contributed by atoms with Crippen molar-refractivity contribution >= 4 is 35.1 Å². The van der Waals surface area contributed by atoms with Crippen molar-refractivity contribution in [3.05, 3.63) is 29.8 Å². The van der Waals surface area contributed by atoms with Gasteiger partial charge in [0, 0.05) is 30.5 Å². The molecule has 5 heteroatoms. The molecule has 0 heterocycles. The molecule has 1 N–H and O–H groups in total. The van der Waals surface area contributed by atoms with Crippen LogP contribution < -0.4 is 4.90 Å². The first kappa shape index (κ1) is 13.1. The first-order chi connectivity index (χ1) is 7.81. The fourth-order valence-corrected chi connectivity index (χ4v) is 1.82. The highest BCUT2D eigenvalue weighted by Gasteiger charge is 2.04. The van der Waals surface area contributed by atoms with E-state index in [-0.39, 0.29) is 0 Å². The normalized spacial score (nSPS) is 10.9. The first-order valence-electron chi connectivity index (χ1n) is 4.96. The molecule has 1 rings (SSSR count). The Morgan fingerprint density at radius 3 is 2.12 bits per heavy atom. The zero-order valence-electron chi connectivity index (χ0n) is 8.81. The zero-order chi connectivity index (χ0) is 11.8. The third-order valence-corrected chi connectivity index (χ3v) is 2.51. The van der Waals surface area contributed by atoms with Crippen LogP contribution in [0.2, 0.25) is 0 Å². The lowest BCUT2D eigenvalue weighted by molar-refractivity contribution is 0.322. The van der Waals surface area contributed by atoms with Crippen molar-refractivity contribution in [3.8, 4) is 0 Å². The van der Waals surface area contributed by atoms with Crippen LogP contribution in [0.15, 0.2) is 29.4 Å². The van der Waals surface area contributed by atoms with Gasteiger partial charge in [0.05, 0.1) is 6.21 Å². The van der Waals surface area contributed by atoms with Gasteiger partial charge < -0.3 is 10.1 Å². The molecule has 0 aliphatic carbocycles. The van der Waals surface area contributed by atoms with E-state index in [1.807, 2.05) is 24.3 Å². The number of nitrogens with zero attached hydrogens (tertiary/aromatic N) is 2. The lowest BCUT2D eigenvalue weighted by Crippen LogP contribution is -2.27. The summed E-state index contributed by atoms with van der Waals surface area (Å²) in [6.45, 7) is 1.53. The van der Waals surface area contributed by atoms with E-state index in [9.17, 15) is 0 Å². The van der Waals surface area contributed by atoms with E-state index in [0.29, 0.717) is 11.8 Å². The van der Waals surface area contributed by atoms with Crippen LogP contribution in [0.25, 0.3) is 0 Å². The topological polar surface area (TPSA) is 35.8 Å². The molecule has 0 aliphatic rings. The minimum atomic E-state index is 0.566. The second-order valence-corrected chi connectivity index (χ2v) is 3.96. The zero-order valence-corrected chi connectivity index (χ0v) is 10.3. The predicted octanol–water partition coefficient (Wildman–Crippen LogP) is 2.78. The fraction of sp³-hybridized carbons (Fsp3) is 0.364. The van der Waals surface area contributed by atoms with Gasteiger partial charge in [0.1, 0.15) is 0 Å². The summed E-state index contributed by atoms with van der Waals surface area (Å²) in [6, 6.07) is 7.67. The van der Waals surface area contributed by atoms with Gasteiger partial charge in [0.25, 0.3) is 0 Å². The molecule has 0 saturated carbocycles. The first-order valence-corrected chi connectivity index (χ1v) is 6.03. The number of hydrogen-bond acceptors (Lipinski definition) is 3. The van der Waals surface area contributed by atoms with Crippen LogP contribution in [0.1, 0.15) is 5.56 Å². The summed E-state index contributed by atoms with van der Waals surface area (Å²) in [7, 11) is 0. The molecule has 16 heavy (non-hydrogen) atoms. The lowest BCUT2D eigenvalue weighted by Gasteiger charge is -2.22. The summed E-state index contributed by atoms with van der Waals surface area (Å²) >= 11 is 11.4. The molecule has 0 saturated heterocycles. The van der Waals surface area contributed by atoms with Gasteiger partial charge in [-0.15, -0.1) is 23.2 Å². The molecule has 0 aromatic heterocycles. The van der Waals surface area contributed by atoms with Gasteiger partial charge in [-0.1, -0.05) is 17.3 Å². The number of benzene rings is 1. The number of rotatable bonds is 6. The maximum atomic E-state index is 8.39. The molecule has 0 atom stereocenters. The van der Waals surface area contributed by atoms with Crippen LogP contribution in [0.4, 0.5) is 5.69 Å². The van der Waals surface area contributed by atoms with Crippen LogP contribution in [0, 0.1) is 0 Å². The van der Waals surface area contributed by atoms with E-state index in [1.165, 1.54) is 6.21 Å². The van der Waals surface area contributed by atoms with E-state index in [0.717, 1.165) is 24.3 Å². The highest BCUT2D eigenvalue weighted by Crippen LogP contribution is 2.14. The van der Waals surface area contributed by atoms with Crippen LogP contribution in [0.5, 0.6) is 0 Å². The second kappa shape index (κ2) is 7.36. The monoisotopic (exact) mass is 260 g/mol. The molecule has 0 aliphatic heterocycles. The molecular formula is C11H14Cl2N2O. The summed E-state index contributed by atoms with van der Waals surface area (Å²) < 4.78 is 0. The van der Waals surface area contributed by atoms with Crippen molar-refractivity contribution in [2.75, 3.05) is 29.7 Å². The van der Waals surface area contributed by atoms with Gasteiger partial charge in [-0.3, -0.25) is 0 Å². The van der Waals surface area contributed by atoms with Gasteiger partial charge in [0.15, 0.2) is 0 Å². The molecule has 0 amide bonds. The van der Waals surface area contributed by atoms with E-state index in [2.05, 4.69) is 10.1 Å². The number of anilines is 1. The Morgan fingerprint density at radius 2 is 1.69 bits per heavy atom. The molecule has 88 valence electrons. The largest absolute Gasteiger partial charge is 0.411 e. The Balaban J connectivity index is 2.76. The van der Waals surface area contributed by atoms with Crippen LogP contribution in [0.3, 0.4) is 0 Å². The Labute approximate surface area is 105 Å². The lowest BCUT2D eigenvalue weighted by atomic mass is 10.2. The molecule has 0 fully saturated rings. The molecule has 3 nitrogen and oxygen atoms in total. The Morgan fingerprint density at radius 1 is 1.12 bits per heavy atom. The third-order valence-electron chi connectivity index (χ3n) is 2.17. The predicted molar refractivity (Wildman–Crippen MR) is 69.5 cm³/mol. The summed E-state index contributed by atoms with van der Waals surface area (Å²) in [6.07, 6.45) is 1.39. The number of hydrogen-bond donors (Lipinski definition) is 1. The molecule has 0 bridgehead atoms. The minimum absolute atomic E-state index is 0.566. The van der Waals surface area contributed by atoms with Gasteiger partial charge in [0.2, 0.25) is 0 Å². The Hall–Kier alpha value is -0.930. The van der Waals surface area contributed by atoms with Gasteiger partial charge >= 0.3 is 0 Å². The second-order valence-electron chi connectivity index (χ2n) is 3.20. The quantitative estimate of drug-likeness (QED) is 0.370. The summed E-state index contributed by atoms with van der Waals surface area (Å²) in [5, 5.41) is 11.4. The van der Waals surface area contributed by atoms with Crippen molar-refractivity contribution in [3.63, 3.8) is 0 Å². The Bertz CT molecular complexity index is 321. The number of oxime groups is 1. The SMILES string of the molecule is ON=Cc1ccc(N(CCCl)CCCl)cc1. The van der Waals surface area contributed by atoms with Crippen molar-refractivity contribution in [1.82, 2.24) is 0 Å². The Kier molecular flexibility index (Phi) is 6.04. The number of alkyl halides is 2. The molecule has 0 radical (unpaired) electrons. The minimum Gasteiger partial charge on any atom is -0.411 e. The summed E-state index contributed by atoms with van der Waals surface area (Å²) in [5.41, 5.74) is 1.92. The van der Waals surface area contributed by atoms with Crippen LogP contribution in [-0.2, 0) is 0 Å². The summed E-state index contributed by atoms with van der Waals surface area (Å²) in [5.74, 6) is 1.13. The van der Waals surface area contributed by atoms with Crippen LogP contribution in [-0.4, -0.2) is 36.3 Å². The maximum absolute atomic E-state index is 8.39. The standard InChI is InChI=1S/C11H14Cl2N2O/c12-5-7-15(8-6-13)11-3-1-10(2-4-11)9-14-16/h1-4,9,16H,5-8H2. The molecular weight excluding hydrogens is 247 g/mol. The van der Waals surface area contributed by atoms with E-state index >= 15 is 0 Å². The average Bonchev–Trinajstić information content (AvgIpc) is 2.30. The highest BCUT2D eigenvalue weighted by molar-refractivity contribution is 6.18. The van der Waals surface area contributed by atoms with Crippen molar-refractivity contribution in [1.29, 1.82) is 0 Å². The smallest absolute Gasteiger partial charge is 0.0733 e. The third kappa shape index (κ3) is 3.91. The van der Waals surface area contributed by atoms with Gasteiger partial charge in [-0.25, -0.2) is 0 Å². The molecule has 0 unspecified atom stereocenters. The molecule has 1 aromatic carbocycles.